The van der Waals surface area contributed by atoms with Gasteiger partial charge in [0.2, 0.25) is 11.8 Å². The highest BCUT2D eigenvalue weighted by molar-refractivity contribution is 9.10. The number of halogens is 1. The zero-order valence-electron chi connectivity index (χ0n) is 15.7. The lowest BCUT2D eigenvalue weighted by Crippen LogP contribution is -2.24. The average molecular weight is 462 g/mol. The van der Waals surface area contributed by atoms with Gasteiger partial charge in [-0.1, -0.05) is 24.3 Å². The number of hydrazone groups is 1. The molecular weight excluding hydrogens is 442 g/mol. The first-order chi connectivity index (χ1) is 14.0. The number of hydrogen-bond acceptors (Lipinski definition) is 6. The van der Waals surface area contributed by atoms with Gasteiger partial charge >= 0.3 is 5.97 Å². The van der Waals surface area contributed by atoms with E-state index in [1.807, 2.05) is 6.07 Å². The Labute approximate surface area is 176 Å². The van der Waals surface area contributed by atoms with Crippen LogP contribution in [0.3, 0.4) is 0 Å². The van der Waals surface area contributed by atoms with E-state index in [1.165, 1.54) is 6.21 Å². The molecule has 0 aliphatic carbocycles. The summed E-state index contributed by atoms with van der Waals surface area (Å²) in [6.07, 6.45) is 1.03. The minimum absolute atomic E-state index is 0.197. The number of ether oxygens (including phenoxy) is 2. The number of para-hydroxylation sites is 1. The quantitative estimate of drug-likeness (QED) is 0.258. The van der Waals surface area contributed by atoms with Crippen molar-refractivity contribution in [3.63, 3.8) is 0 Å². The third kappa shape index (κ3) is 8.14. The third-order valence-corrected chi connectivity index (χ3v) is 4.08. The van der Waals surface area contributed by atoms with Crippen molar-refractivity contribution >= 4 is 45.6 Å². The smallest absolute Gasteiger partial charge is 0.344 e. The minimum Gasteiger partial charge on any atom is -0.482 e. The lowest BCUT2D eigenvalue weighted by Gasteiger charge is -2.06. The number of anilines is 1. The van der Waals surface area contributed by atoms with Crippen molar-refractivity contribution in [1.82, 2.24) is 5.43 Å². The molecule has 0 aromatic heterocycles. The Bertz CT molecular complexity index is 901. The standard InChI is InChI=1S/C20H20BrN3O5/c1-2-28-20(27)13-29-15-7-5-6-14(10-15)12-22-24-19(26)11-18(25)23-17-9-4-3-8-16(17)21/h3-10,12H,2,11,13H2,1H3,(H,23,25)(H,24,26). The van der Waals surface area contributed by atoms with Crippen molar-refractivity contribution in [3.8, 4) is 5.75 Å². The SMILES string of the molecule is CCOC(=O)COc1cccc(C=NNC(=O)CC(=O)Nc2ccccc2Br)c1. The molecule has 0 fully saturated rings. The van der Waals surface area contributed by atoms with E-state index in [1.54, 1.807) is 49.4 Å². The Morgan fingerprint density at radius 2 is 1.90 bits per heavy atom. The number of carbonyl (C=O) groups excluding carboxylic acids is 3. The van der Waals surface area contributed by atoms with Crippen molar-refractivity contribution in [2.24, 2.45) is 5.10 Å². The molecule has 2 aromatic carbocycles. The van der Waals surface area contributed by atoms with Crippen LogP contribution in [0, 0.1) is 0 Å². The number of esters is 1. The summed E-state index contributed by atoms with van der Waals surface area (Å²) in [6, 6.07) is 13.9. The fraction of sp³-hybridized carbons (Fsp3) is 0.200. The van der Waals surface area contributed by atoms with Crippen LogP contribution in [0.4, 0.5) is 5.69 Å². The van der Waals surface area contributed by atoms with E-state index < -0.39 is 17.8 Å². The number of carbonyl (C=O) groups is 3. The van der Waals surface area contributed by atoms with Gasteiger partial charge in [0.25, 0.3) is 0 Å². The molecule has 2 N–H and O–H groups in total. The van der Waals surface area contributed by atoms with Crippen LogP contribution in [0.5, 0.6) is 5.75 Å². The Kier molecular flexibility index (Phi) is 8.84. The van der Waals surface area contributed by atoms with Gasteiger partial charge in [0.05, 0.1) is 18.5 Å². The van der Waals surface area contributed by atoms with Gasteiger partial charge in [-0.25, -0.2) is 10.2 Å². The molecule has 9 heteroatoms. The maximum Gasteiger partial charge on any atom is 0.344 e. The van der Waals surface area contributed by atoms with Gasteiger partial charge in [-0.05, 0) is 52.7 Å². The summed E-state index contributed by atoms with van der Waals surface area (Å²) in [5.74, 6) is -1.01. The van der Waals surface area contributed by atoms with E-state index in [4.69, 9.17) is 9.47 Å². The average Bonchev–Trinajstić information content (AvgIpc) is 2.69. The molecule has 0 saturated carbocycles. The number of nitrogens with one attached hydrogen (secondary N) is 2. The molecule has 0 atom stereocenters. The van der Waals surface area contributed by atoms with E-state index in [9.17, 15) is 14.4 Å². The molecule has 2 rings (SSSR count). The van der Waals surface area contributed by atoms with E-state index in [-0.39, 0.29) is 19.6 Å². The van der Waals surface area contributed by atoms with E-state index in [0.29, 0.717) is 17.0 Å². The number of rotatable bonds is 9. The number of amides is 2. The number of hydrogen-bond donors (Lipinski definition) is 2. The highest BCUT2D eigenvalue weighted by Gasteiger charge is 2.10. The fourth-order valence-corrected chi connectivity index (χ4v) is 2.53. The molecule has 0 bridgehead atoms. The normalized spacial score (nSPS) is 10.4. The molecular formula is C20H20BrN3O5. The van der Waals surface area contributed by atoms with Gasteiger partial charge in [0, 0.05) is 4.47 Å². The van der Waals surface area contributed by atoms with Gasteiger partial charge < -0.3 is 14.8 Å². The Hall–Kier alpha value is -3.20. The van der Waals surface area contributed by atoms with Crippen LogP contribution in [-0.2, 0) is 19.1 Å². The Balaban J connectivity index is 1.80. The van der Waals surface area contributed by atoms with Crippen LogP contribution in [0.2, 0.25) is 0 Å². The molecule has 29 heavy (non-hydrogen) atoms. The minimum atomic E-state index is -0.555. The number of nitrogens with zero attached hydrogens (tertiary/aromatic N) is 1. The molecule has 0 spiro atoms. The third-order valence-electron chi connectivity index (χ3n) is 3.39. The van der Waals surface area contributed by atoms with Gasteiger partial charge in [-0.15, -0.1) is 0 Å². The molecule has 0 heterocycles. The van der Waals surface area contributed by atoms with E-state index in [2.05, 4.69) is 31.8 Å². The van der Waals surface area contributed by atoms with Gasteiger partial charge in [0.1, 0.15) is 12.2 Å². The lowest BCUT2D eigenvalue weighted by molar-refractivity contribution is -0.145. The van der Waals surface area contributed by atoms with Crippen molar-refractivity contribution in [2.45, 2.75) is 13.3 Å². The van der Waals surface area contributed by atoms with Crippen molar-refractivity contribution in [1.29, 1.82) is 0 Å². The zero-order chi connectivity index (χ0) is 21.1. The van der Waals surface area contributed by atoms with Crippen LogP contribution < -0.4 is 15.5 Å². The topological polar surface area (TPSA) is 106 Å². The first-order valence-corrected chi connectivity index (χ1v) is 9.52. The first kappa shape index (κ1) is 22.1. The molecule has 0 radical (unpaired) electrons. The summed E-state index contributed by atoms with van der Waals surface area (Å²) in [7, 11) is 0. The monoisotopic (exact) mass is 461 g/mol. The summed E-state index contributed by atoms with van der Waals surface area (Å²) in [5.41, 5.74) is 3.51. The lowest BCUT2D eigenvalue weighted by atomic mass is 10.2. The summed E-state index contributed by atoms with van der Waals surface area (Å²) in [5, 5.41) is 6.46. The van der Waals surface area contributed by atoms with Crippen LogP contribution in [0.25, 0.3) is 0 Å². The van der Waals surface area contributed by atoms with Crippen molar-refractivity contribution in [3.05, 3.63) is 58.6 Å². The Morgan fingerprint density at radius 3 is 2.66 bits per heavy atom. The summed E-state index contributed by atoms with van der Waals surface area (Å²) >= 11 is 3.32. The highest BCUT2D eigenvalue weighted by atomic mass is 79.9. The van der Waals surface area contributed by atoms with Crippen LogP contribution in [0.15, 0.2) is 58.1 Å². The first-order valence-electron chi connectivity index (χ1n) is 8.72. The summed E-state index contributed by atoms with van der Waals surface area (Å²) in [4.78, 5) is 35.1. The second-order valence-electron chi connectivity index (χ2n) is 5.66. The van der Waals surface area contributed by atoms with E-state index >= 15 is 0 Å². The molecule has 2 aromatic rings. The maximum atomic E-state index is 11.9. The Morgan fingerprint density at radius 1 is 1.10 bits per heavy atom. The van der Waals surface area contributed by atoms with Gasteiger partial charge in [0.15, 0.2) is 6.61 Å². The van der Waals surface area contributed by atoms with Gasteiger partial charge in [-0.3, -0.25) is 9.59 Å². The second kappa shape index (κ2) is 11.6. The maximum absolute atomic E-state index is 11.9. The van der Waals surface area contributed by atoms with Crippen LogP contribution >= 0.6 is 15.9 Å². The van der Waals surface area contributed by atoms with E-state index in [0.717, 1.165) is 4.47 Å². The molecule has 0 unspecified atom stereocenters. The van der Waals surface area contributed by atoms with Crippen LogP contribution in [-0.4, -0.2) is 37.2 Å². The predicted octanol–water partition coefficient (Wildman–Crippen LogP) is 2.87. The van der Waals surface area contributed by atoms with Crippen molar-refractivity contribution in [2.75, 3.05) is 18.5 Å². The van der Waals surface area contributed by atoms with Crippen molar-refractivity contribution < 1.29 is 23.9 Å². The highest BCUT2D eigenvalue weighted by Crippen LogP contribution is 2.21. The molecule has 0 aliphatic heterocycles. The summed E-state index contributed by atoms with van der Waals surface area (Å²) < 4.78 is 10.8. The largest absolute Gasteiger partial charge is 0.482 e. The molecule has 152 valence electrons. The van der Waals surface area contributed by atoms with Gasteiger partial charge in [-0.2, -0.15) is 5.10 Å². The second-order valence-corrected chi connectivity index (χ2v) is 6.52. The predicted molar refractivity (Wildman–Crippen MR) is 112 cm³/mol. The summed E-state index contributed by atoms with van der Waals surface area (Å²) in [6.45, 7) is 1.81. The molecule has 0 saturated heterocycles. The molecule has 0 aliphatic rings. The zero-order valence-corrected chi connectivity index (χ0v) is 17.3. The molecule has 8 nitrogen and oxygen atoms in total. The number of benzene rings is 2. The molecule has 2 amide bonds. The van der Waals surface area contributed by atoms with Crippen LogP contribution in [0.1, 0.15) is 18.9 Å². The fourth-order valence-electron chi connectivity index (χ4n) is 2.15.